The number of hydrogen-bond acceptors (Lipinski definition) is 5. The zero-order valence-corrected chi connectivity index (χ0v) is 8.27. The van der Waals surface area contributed by atoms with E-state index in [2.05, 4.69) is 14.9 Å². The SMILES string of the molecule is CC(C)(C)COc1nonc1C(=O)O. The maximum atomic E-state index is 10.6. The minimum Gasteiger partial charge on any atom is -0.476 e. The van der Waals surface area contributed by atoms with Crippen molar-refractivity contribution in [3.63, 3.8) is 0 Å². The average Bonchev–Trinajstić information content (AvgIpc) is 2.46. The van der Waals surface area contributed by atoms with Gasteiger partial charge in [-0.05, 0) is 15.7 Å². The number of carboxylic acids is 1. The fourth-order valence-corrected chi connectivity index (χ4v) is 0.691. The zero-order chi connectivity index (χ0) is 10.8. The van der Waals surface area contributed by atoms with Crippen LogP contribution in [0.4, 0.5) is 0 Å². The number of hydrogen-bond donors (Lipinski definition) is 1. The molecule has 1 aromatic heterocycles. The summed E-state index contributed by atoms with van der Waals surface area (Å²) in [6.07, 6.45) is 0. The van der Waals surface area contributed by atoms with Crippen molar-refractivity contribution in [1.82, 2.24) is 10.3 Å². The normalized spacial score (nSPS) is 11.4. The second kappa shape index (κ2) is 3.65. The fraction of sp³-hybridized carbons (Fsp3) is 0.625. The van der Waals surface area contributed by atoms with E-state index in [0.717, 1.165) is 0 Å². The molecule has 0 unspecified atom stereocenters. The molecule has 0 saturated carbocycles. The van der Waals surface area contributed by atoms with Crippen LogP contribution in [-0.2, 0) is 0 Å². The fourth-order valence-electron chi connectivity index (χ4n) is 0.691. The number of aromatic carboxylic acids is 1. The maximum Gasteiger partial charge on any atom is 0.363 e. The lowest BCUT2D eigenvalue weighted by Gasteiger charge is -2.16. The van der Waals surface area contributed by atoms with Crippen LogP contribution in [0.1, 0.15) is 31.3 Å². The third-order valence-corrected chi connectivity index (χ3v) is 1.30. The van der Waals surface area contributed by atoms with Gasteiger partial charge in [0.15, 0.2) is 0 Å². The molecule has 1 heterocycles. The average molecular weight is 200 g/mol. The molecule has 78 valence electrons. The van der Waals surface area contributed by atoms with Crippen molar-refractivity contribution in [1.29, 1.82) is 0 Å². The van der Waals surface area contributed by atoms with Gasteiger partial charge in [-0.1, -0.05) is 20.8 Å². The van der Waals surface area contributed by atoms with Gasteiger partial charge in [0.2, 0.25) is 0 Å². The molecular formula is C8H12N2O4. The topological polar surface area (TPSA) is 85.5 Å². The molecule has 0 aliphatic rings. The summed E-state index contributed by atoms with van der Waals surface area (Å²) in [5, 5.41) is 15.2. The zero-order valence-electron chi connectivity index (χ0n) is 8.27. The molecule has 0 saturated heterocycles. The molecule has 0 atom stereocenters. The molecule has 0 amide bonds. The standard InChI is InChI=1S/C8H12N2O4/c1-8(2,3)4-13-6-5(7(11)12)9-14-10-6/h4H2,1-3H3,(H,11,12). The lowest BCUT2D eigenvalue weighted by atomic mass is 9.99. The van der Waals surface area contributed by atoms with Crippen molar-refractivity contribution in [3.8, 4) is 5.88 Å². The summed E-state index contributed by atoms with van der Waals surface area (Å²) < 4.78 is 9.42. The lowest BCUT2D eigenvalue weighted by molar-refractivity contribution is 0.0679. The third-order valence-electron chi connectivity index (χ3n) is 1.30. The summed E-state index contributed by atoms with van der Waals surface area (Å²) in [5.41, 5.74) is -0.372. The number of carboxylic acid groups (broad SMARTS) is 1. The van der Waals surface area contributed by atoms with E-state index in [1.807, 2.05) is 20.8 Å². The highest BCUT2D eigenvalue weighted by Gasteiger charge is 2.21. The van der Waals surface area contributed by atoms with Crippen molar-refractivity contribution in [2.45, 2.75) is 20.8 Å². The first kappa shape index (κ1) is 10.5. The van der Waals surface area contributed by atoms with Crippen LogP contribution in [0, 0.1) is 5.41 Å². The smallest absolute Gasteiger partial charge is 0.363 e. The third kappa shape index (κ3) is 2.72. The number of rotatable bonds is 3. The largest absolute Gasteiger partial charge is 0.476 e. The molecule has 14 heavy (non-hydrogen) atoms. The highest BCUT2D eigenvalue weighted by atomic mass is 16.6. The van der Waals surface area contributed by atoms with Crippen LogP contribution >= 0.6 is 0 Å². The van der Waals surface area contributed by atoms with Gasteiger partial charge in [-0.15, -0.1) is 0 Å². The predicted octanol–water partition coefficient (Wildman–Crippen LogP) is 1.19. The summed E-state index contributed by atoms with van der Waals surface area (Å²) in [6.45, 7) is 6.23. The highest BCUT2D eigenvalue weighted by molar-refractivity contribution is 5.87. The summed E-state index contributed by atoms with van der Waals surface area (Å²) in [5.74, 6) is -1.29. The first-order valence-corrected chi connectivity index (χ1v) is 4.09. The molecular weight excluding hydrogens is 188 g/mol. The van der Waals surface area contributed by atoms with E-state index >= 15 is 0 Å². The number of ether oxygens (including phenoxy) is 1. The number of nitrogens with zero attached hydrogens (tertiary/aromatic N) is 2. The Morgan fingerprint density at radius 2 is 2.14 bits per heavy atom. The van der Waals surface area contributed by atoms with Gasteiger partial charge in [0.1, 0.15) is 0 Å². The van der Waals surface area contributed by atoms with Gasteiger partial charge in [-0.3, -0.25) is 0 Å². The highest BCUT2D eigenvalue weighted by Crippen LogP contribution is 2.18. The lowest BCUT2D eigenvalue weighted by Crippen LogP contribution is -2.18. The summed E-state index contributed by atoms with van der Waals surface area (Å²) in [7, 11) is 0. The van der Waals surface area contributed by atoms with Crippen LogP contribution in [0.3, 0.4) is 0 Å². The van der Waals surface area contributed by atoms with Gasteiger partial charge >= 0.3 is 5.97 Å². The van der Waals surface area contributed by atoms with E-state index in [1.54, 1.807) is 0 Å². The predicted molar refractivity (Wildman–Crippen MR) is 46.2 cm³/mol. The second-order valence-electron chi connectivity index (χ2n) is 4.07. The first-order valence-electron chi connectivity index (χ1n) is 4.09. The van der Waals surface area contributed by atoms with E-state index in [4.69, 9.17) is 9.84 Å². The van der Waals surface area contributed by atoms with Crippen molar-refractivity contribution >= 4 is 5.97 Å². The summed E-state index contributed by atoms with van der Waals surface area (Å²) >= 11 is 0. The van der Waals surface area contributed by atoms with Crippen molar-refractivity contribution < 1.29 is 19.3 Å². The van der Waals surface area contributed by atoms with Gasteiger partial charge in [-0.25, -0.2) is 9.42 Å². The van der Waals surface area contributed by atoms with E-state index in [1.165, 1.54) is 0 Å². The van der Waals surface area contributed by atoms with Gasteiger partial charge in [0.25, 0.3) is 11.6 Å². The quantitative estimate of drug-likeness (QED) is 0.788. The Bertz CT molecular complexity index is 326. The Morgan fingerprint density at radius 3 is 2.64 bits per heavy atom. The Hall–Kier alpha value is -1.59. The summed E-state index contributed by atoms with van der Waals surface area (Å²) in [4.78, 5) is 10.6. The molecule has 1 aromatic rings. The Balaban J connectivity index is 2.68. The van der Waals surface area contributed by atoms with E-state index in [-0.39, 0.29) is 17.0 Å². The van der Waals surface area contributed by atoms with Crippen LogP contribution < -0.4 is 4.74 Å². The molecule has 0 aromatic carbocycles. The molecule has 0 radical (unpaired) electrons. The van der Waals surface area contributed by atoms with Crippen LogP contribution in [0.2, 0.25) is 0 Å². The number of aromatic nitrogens is 2. The Kier molecular flexibility index (Phi) is 2.73. The van der Waals surface area contributed by atoms with E-state index < -0.39 is 5.97 Å². The minimum absolute atomic E-state index is 0.0747. The van der Waals surface area contributed by atoms with E-state index in [0.29, 0.717) is 6.61 Å². The monoisotopic (exact) mass is 200 g/mol. The van der Waals surface area contributed by atoms with E-state index in [9.17, 15) is 4.79 Å². The van der Waals surface area contributed by atoms with Crippen LogP contribution in [0.25, 0.3) is 0 Å². The first-order chi connectivity index (χ1) is 6.40. The summed E-state index contributed by atoms with van der Waals surface area (Å²) in [6, 6.07) is 0. The second-order valence-corrected chi connectivity index (χ2v) is 4.07. The molecule has 0 aliphatic carbocycles. The Morgan fingerprint density at radius 1 is 1.50 bits per heavy atom. The maximum absolute atomic E-state index is 10.6. The van der Waals surface area contributed by atoms with Crippen molar-refractivity contribution in [3.05, 3.63) is 5.69 Å². The molecule has 1 N–H and O–H groups in total. The minimum atomic E-state index is -1.21. The van der Waals surface area contributed by atoms with Crippen molar-refractivity contribution in [2.24, 2.45) is 5.41 Å². The number of carbonyl (C=O) groups is 1. The molecule has 1 rings (SSSR count). The van der Waals surface area contributed by atoms with Crippen LogP contribution in [-0.4, -0.2) is 28.0 Å². The van der Waals surface area contributed by atoms with Gasteiger partial charge in [0, 0.05) is 0 Å². The molecule has 6 nitrogen and oxygen atoms in total. The Labute approximate surface area is 80.8 Å². The van der Waals surface area contributed by atoms with Crippen LogP contribution in [0.15, 0.2) is 4.63 Å². The molecule has 0 fully saturated rings. The van der Waals surface area contributed by atoms with Gasteiger partial charge < -0.3 is 9.84 Å². The molecule has 0 aliphatic heterocycles. The van der Waals surface area contributed by atoms with Gasteiger partial charge in [0.05, 0.1) is 6.61 Å². The van der Waals surface area contributed by atoms with Crippen molar-refractivity contribution in [2.75, 3.05) is 6.61 Å². The van der Waals surface area contributed by atoms with Gasteiger partial charge in [-0.2, -0.15) is 0 Å². The molecule has 0 spiro atoms. The molecule has 6 heteroatoms. The molecule has 0 bridgehead atoms. The van der Waals surface area contributed by atoms with Crippen LogP contribution in [0.5, 0.6) is 5.88 Å².